The van der Waals surface area contributed by atoms with Gasteiger partial charge in [0.2, 0.25) is 47.3 Å². The third kappa shape index (κ3) is 17.6. The van der Waals surface area contributed by atoms with Gasteiger partial charge in [0, 0.05) is 47.0 Å². The van der Waals surface area contributed by atoms with Gasteiger partial charge < -0.3 is 71.3 Å². The third-order valence-electron chi connectivity index (χ3n) is 11.2. The van der Waals surface area contributed by atoms with Crippen LogP contribution in [0.4, 0.5) is 0 Å². The number of H-pyrrole nitrogens is 1. The number of benzene rings is 2. The smallest absolute Gasteiger partial charge is 0.243 e. The summed E-state index contributed by atoms with van der Waals surface area (Å²) in [5, 5.41) is 16.9. The first kappa shape index (κ1) is 55.2. The van der Waals surface area contributed by atoms with Gasteiger partial charge in [-0.2, -0.15) is 0 Å². The van der Waals surface area contributed by atoms with Crippen LogP contribution in [0.5, 0.6) is 0 Å². The number of aliphatic imine (C=N–C) groups is 1. The summed E-state index contributed by atoms with van der Waals surface area (Å²) in [4.78, 5) is 118. The van der Waals surface area contributed by atoms with Crippen molar-refractivity contribution in [1.82, 2.24) is 36.9 Å². The van der Waals surface area contributed by atoms with E-state index in [-0.39, 0.29) is 56.8 Å². The van der Waals surface area contributed by atoms with E-state index in [1.807, 2.05) is 24.3 Å². The Balaban J connectivity index is 1.81. The molecule has 1 saturated heterocycles. The highest BCUT2D eigenvalue weighted by Gasteiger charge is 2.39. The summed E-state index contributed by atoms with van der Waals surface area (Å²) in [6.07, 6.45) is 2.32. The summed E-state index contributed by atoms with van der Waals surface area (Å²) in [6, 6.07) is 6.57. The summed E-state index contributed by atoms with van der Waals surface area (Å²) >= 11 is 0. The molecule has 1 fully saturated rings. The Morgan fingerprint density at radius 3 is 2.04 bits per heavy atom. The van der Waals surface area contributed by atoms with E-state index in [0.29, 0.717) is 30.5 Å². The van der Waals surface area contributed by atoms with Gasteiger partial charge in [-0.25, -0.2) is 0 Å². The Morgan fingerprint density at radius 2 is 1.38 bits per heavy atom. The number of hydrogen-bond acceptors (Lipinski definition) is 13. The van der Waals surface area contributed by atoms with Crippen molar-refractivity contribution in [3.8, 4) is 0 Å². The second kappa shape index (κ2) is 27.0. The maximum absolute atomic E-state index is 14.5. The number of carbonyl (C=O) groups is 8. The van der Waals surface area contributed by atoms with Gasteiger partial charge in [0.05, 0.1) is 12.5 Å². The monoisotopic (exact) mass is 994 g/mol. The molecule has 376 valence electrons. The number of carbonyl (C=O) groups excluding carboxylic acids is 8. The summed E-state index contributed by atoms with van der Waals surface area (Å²) in [7, 11) is 2.38. The molecule has 0 saturated carbocycles. The number of hydrogen-bond donors (Lipinski definition) is 13. The lowest BCUT2D eigenvalue weighted by atomic mass is 9.99. The second-order valence-electron chi connectivity index (χ2n) is 17.2. The number of amides is 8. The zero-order valence-electron chi connectivity index (χ0n) is 38.8. The van der Waals surface area contributed by atoms with Crippen LogP contribution >= 0.6 is 21.6 Å². The van der Waals surface area contributed by atoms with E-state index in [4.69, 9.17) is 34.4 Å². The van der Waals surface area contributed by atoms with Crippen LogP contribution in [0.1, 0.15) is 69.9 Å². The number of nitrogens with two attached hydrogens (primary N) is 6. The van der Waals surface area contributed by atoms with Crippen LogP contribution in [0.25, 0.3) is 10.9 Å². The third-order valence-corrected chi connectivity index (χ3v) is 14.6. The molecule has 0 aliphatic carbocycles. The fourth-order valence-corrected chi connectivity index (χ4v) is 10.2. The van der Waals surface area contributed by atoms with Gasteiger partial charge in [0.15, 0.2) is 5.96 Å². The Bertz CT molecular complexity index is 2290. The number of nitrogens with zero attached hydrogens (tertiary/aromatic N) is 1. The minimum Gasteiger partial charge on any atom is -0.370 e. The number of unbranched alkanes of at least 4 members (excludes halogenated alkanes) is 1. The standard InChI is InChI=1S/C45H66N14O8S2/c1-45(2)36(37(49)61)59-43(67)33(22-26-24-53-29-15-7-6-13-27(26)29)57-39(63)30(16-10-19-52-44(50)51)55-41(65)32(21-25-11-4-3-5-12-25)56-42(66)34(23-35(48)60)58-40(64)31(17-20-68-69-45)54-38(62)28(47)14-8-9-18-46/h3-7,11-13,15,24,28,30-34,36,53H,8-10,14,16-23,46-47H2,1-2H3,(H2,48,60)(H2,49,61)(H,54,62)(H,55,65)(H,56,66)(H,57,63)(H,58,64)(H,59,67)(H4,50,51,52)/t28-,30-,31-,32+,33-,34-,36+/m0/s1. The molecule has 2 heterocycles. The second-order valence-corrected chi connectivity index (χ2v) is 20.3. The van der Waals surface area contributed by atoms with Gasteiger partial charge >= 0.3 is 0 Å². The van der Waals surface area contributed by atoms with Crippen LogP contribution in [0.15, 0.2) is 65.8 Å². The molecule has 1 aliphatic rings. The highest BCUT2D eigenvalue weighted by atomic mass is 33.1. The van der Waals surface area contributed by atoms with Crippen molar-refractivity contribution in [3.05, 3.63) is 71.9 Å². The van der Waals surface area contributed by atoms with Crippen molar-refractivity contribution in [1.29, 1.82) is 0 Å². The van der Waals surface area contributed by atoms with Gasteiger partial charge in [0.25, 0.3) is 0 Å². The molecule has 0 bridgehead atoms. The summed E-state index contributed by atoms with van der Waals surface area (Å²) in [5.41, 5.74) is 36.4. The molecule has 4 rings (SSSR count). The average Bonchev–Trinajstić information content (AvgIpc) is 3.71. The normalized spacial score (nSPS) is 22.6. The first-order valence-corrected chi connectivity index (χ1v) is 24.9. The molecule has 69 heavy (non-hydrogen) atoms. The van der Waals surface area contributed by atoms with E-state index in [0.717, 1.165) is 10.9 Å². The van der Waals surface area contributed by atoms with Crippen LogP contribution in [0, 0.1) is 0 Å². The van der Waals surface area contributed by atoms with Crippen LogP contribution in [0.2, 0.25) is 0 Å². The average molecular weight is 995 g/mol. The maximum atomic E-state index is 14.5. The highest BCUT2D eigenvalue weighted by molar-refractivity contribution is 8.77. The lowest BCUT2D eigenvalue weighted by Gasteiger charge is -2.33. The molecule has 8 amide bonds. The van der Waals surface area contributed by atoms with E-state index in [1.54, 1.807) is 50.4 Å². The Morgan fingerprint density at radius 1 is 0.768 bits per heavy atom. The van der Waals surface area contributed by atoms with Gasteiger partial charge in [-0.15, -0.1) is 0 Å². The Kier molecular flexibility index (Phi) is 21.6. The molecule has 24 heteroatoms. The summed E-state index contributed by atoms with van der Waals surface area (Å²) < 4.78 is -1.12. The molecule has 22 nitrogen and oxygen atoms in total. The zero-order chi connectivity index (χ0) is 50.7. The fourth-order valence-electron chi connectivity index (χ4n) is 7.49. The topological polar surface area (TPSA) is 393 Å². The lowest BCUT2D eigenvalue weighted by molar-refractivity contribution is -0.136. The molecular formula is C45H66N14O8S2. The molecule has 3 aromatic rings. The number of primary amides is 2. The van der Waals surface area contributed by atoms with Gasteiger partial charge in [-0.3, -0.25) is 43.3 Å². The fraction of sp³-hybridized carbons (Fsp3) is 0.489. The van der Waals surface area contributed by atoms with Gasteiger partial charge in [-0.05, 0) is 69.7 Å². The van der Waals surface area contributed by atoms with E-state index >= 15 is 0 Å². The van der Waals surface area contributed by atoms with Crippen molar-refractivity contribution in [3.63, 3.8) is 0 Å². The van der Waals surface area contributed by atoms with Crippen molar-refractivity contribution >= 4 is 85.7 Å². The number of fused-ring (bicyclic) bond motifs is 1. The highest BCUT2D eigenvalue weighted by Crippen LogP contribution is 2.39. The van der Waals surface area contributed by atoms with Crippen molar-refractivity contribution in [2.45, 2.75) is 119 Å². The zero-order valence-corrected chi connectivity index (χ0v) is 40.4. The molecule has 19 N–H and O–H groups in total. The molecule has 0 radical (unpaired) electrons. The summed E-state index contributed by atoms with van der Waals surface area (Å²) in [5.74, 6) is -6.77. The minimum atomic E-state index is -1.63. The van der Waals surface area contributed by atoms with E-state index in [1.165, 1.54) is 21.6 Å². The predicted molar refractivity (Wildman–Crippen MR) is 266 cm³/mol. The van der Waals surface area contributed by atoms with E-state index in [9.17, 15) is 38.4 Å². The first-order valence-electron chi connectivity index (χ1n) is 22.6. The molecule has 1 aromatic heterocycles. The maximum Gasteiger partial charge on any atom is 0.243 e. The van der Waals surface area contributed by atoms with Crippen LogP contribution in [-0.2, 0) is 51.2 Å². The van der Waals surface area contributed by atoms with Crippen molar-refractivity contribution in [2.24, 2.45) is 39.4 Å². The van der Waals surface area contributed by atoms with Crippen molar-refractivity contribution < 1.29 is 38.4 Å². The molecule has 0 spiro atoms. The first-order chi connectivity index (χ1) is 32.8. The molecule has 7 atom stereocenters. The number of nitrogens with one attached hydrogen (secondary N) is 7. The minimum absolute atomic E-state index is 0.0400. The number of guanidine groups is 1. The van der Waals surface area contributed by atoms with E-state index in [2.05, 4.69) is 41.9 Å². The van der Waals surface area contributed by atoms with E-state index < -0.39 is 101 Å². The Hall–Kier alpha value is -6.37. The van der Waals surface area contributed by atoms with Crippen molar-refractivity contribution in [2.75, 3.05) is 18.8 Å². The number of aromatic amines is 1. The predicted octanol–water partition coefficient (Wildman–Crippen LogP) is -1.70. The largest absolute Gasteiger partial charge is 0.370 e. The van der Waals surface area contributed by atoms with Crippen LogP contribution < -0.4 is 66.3 Å². The number of rotatable bonds is 17. The lowest BCUT2D eigenvalue weighted by Crippen LogP contribution is -2.61. The van der Waals surface area contributed by atoms with Gasteiger partial charge in [-0.1, -0.05) is 76.5 Å². The molecule has 2 aromatic carbocycles. The summed E-state index contributed by atoms with van der Waals surface area (Å²) in [6.45, 7) is 3.81. The number of aromatic nitrogens is 1. The van der Waals surface area contributed by atoms with Crippen LogP contribution in [-0.4, -0.2) is 124 Å². The quantitative estimate of drug-likeness (QED) is 0.0310. The molecule has 1 aliphatic heterocycles. The van der Waals surface area contributed by atoms with Crippen LogP contribution in [0.3, 0.4) is 0 Å². The SMILES string of the molecule is CC1(C)SSCC[C@H](NC(=O)[C@@H](N)CCCCN)C(=O)N[C@@H](CC(N)=O)C(=O)N[C@H](Cc2ccccc2)C(=O)N[C@@H](CCCN=C(N)N)C(=O)N[C@@H](Cc2c[nH]c3ccccc23)C(=O)N[C@@H]1C(N)=O. The molecular weight excluding hydrogens is 929 g/mol. The molecule has 0 unspecified atom stereocenters. The van der Waals surface area contributed by atoms with Gasteiger partial charge in [0.1, 0.15) is 36.3 Å². The number of para-hydroxylation sites is 1. The Labute approximate surface area is 408 Å².